The van der Waals surface area contributed by atoms with Crippen molar-refractivity contribution in [3.8, 4) is 0 Å². The Balaban J connectivity index is 0.00000196. The Bertz CT molecular complexity index is 784. The number of carbonyl (C=O) groups excluding carboxylic acids is 2. The summed E-state index contributed by atoms with van der Waals surface area (Å²) in [7, 11) is 0. The molecule has 28 heavy (non-hydrogen) atoms. The van der Waals surface area contributed by atoms with E-state index in [1.807, 2.05) is 18.2 Å². The molecule has 0 unspecified atom stereocenters. The summed E-state index contributed by atoms with van der Waals surface area (Å²) in [5, 5.41) is 5.72. The zero-order chi connectivity index (χ0) is 18.4. The first-order chi connectivity index (χ1) is 12.6. The lowest BCUT2D eigenvalue weighted by Gasteiger charge is -2.31. The van der Waals surface area contributed by atoms with Gasteiger partial charge in [-0.3, -0.25) is 14.6 Å². The van der Waals surface area contributed by atoms with Crippen molar-refractivity contribution in [3.63, 3.8) is 0 Å². The molecular formula is C19H24Cl2N4O3. The molecular weight excluding hydrogens is 403 g/mol. The smallest absolute Gasteiger partial charge is 0.255 e. The molecule has 1 aliphatic heterocycles. The molecule has 0 aliphatic carbocycles. The molecule has 0 radical (unpaired) electrons. The number of benzene rings is 1. The number of nitrogens with zero attached hydrogens (tertiary/aromatic N) is 1. The number of ether oxygens (including phenoxy) is 1. The molecule has 0 spiro atoms. The highest BCUT2D eigenvalue weighted by molar-refractivity contribution is 6.04. The first-order valence-electron chi connectivity index (χ1n) is 8.52. The lowest BCUT2D eigenvalue weighted by Crippen LogP contribution is -2.56. The molecule has 0 saturated carbocycles. The second-order valence-electron chi connectivity index (χ2n) is 6.34. The van der Waals surface area contributed by atoms with Gasteiger partial charge in [-0.1, -0.05) is 12.1 Å². The Kier molecular flexibility index (Phi) is 9.34. The van der Waals surface area contributed by atoms with Gasteiger partial charge in [0.2, 0.25) is 5.91 Å². The number of hydrogen-bond donors (Lipinski definition) is 3. The number of nitrogens with one attached hydrogen (secondary N) is 2. The molecule has 2 amide bonds. The molecule has 152 valence electrons. The van der Waals surface area contributed by atoms with Gasteiger partial charge in [-0.2, -0.15) is 0 Å². The minimum Gasteiger partial charge on any atom is -0.381 e. The Labute approximate surface area is 176 Å². The van der Waals surface area contributed by atoms with Crippen molar-refractivity contribution in [2.45, 2.75) is 24.9 Å². The fourth-order valence-electron chi connectivity index (χ4n) is 2.79. The summed E-state index contributed by atoms with van der Waals surface area (Å²) in [5.74, 6) is -0.385. The topological polar surface area (TPSA) is 106 Å². The van der Waals surface area contributed by atoms with E-state index in [1.54, 1.807) is 30.6 Å². The van der Waals surface area contributed by atoms with Crippen molar-refractivity contribution in [3.05, 3.63) is 59.9 Å². The van der Waals surface area contributed by atoms with E-state index in [-0.39, 0.29) is 36.6 Å². The van der Waals surface area contributed by atoms with Crippen LogP contribution in [-0.2, 0) is 16.1 Å². The van der Waals surface area contributed by atoms with E-state index < -0.39 is 5.54 Å². The maximum atomic E-state index is 12.4. The number of halogens is 2. The number of anilines is 1. The van der Waals surface area contributed by atoms with E-state index in [4.69, 9.17) is 10.5 Å². The van der Waals surface area contributed by atoms with Crippen LogP contribution in [0.25, 0.3) is 0 Å². The summed E-state index contributed by atoms with van der Waals surface area (Å²) in [5.41, 5.74) is 7.37. The Morgan fingerprint density at radius 3 is 2.46 bits per heavy atom. The summed E-state index contributed by atoms with van der Waals surface area (Å²) in [6.45, 7) is 1.35. The molecule has 7 nitrogen and oxygen atoms in total. The van der Waals surface area contributed by atoms with Crippen LogP contribution in [0.5, 0.6) is 0 Å². The zero-order valence-electron chi connectivity index (χ0n) is 15.2. The van der Waals surface area contributed by atoms with E-state index in [9.17, 15) is 9.59 Å². The molecule has 2 heterocycles. The molecule has 3 rings (SSSR count). The van der Waals surface area contributed by atoms with Crippen LogP contribution in [0.15, 0.2) is 48.8 Å². The van der Waals surface area contributed by atoms with Gasteiger partial charge in [0.05, 0.1) is 5.54 Å². The lowest BCUT2D eigenvalue weighted by atomic mass is 9.90. The quantitative estimate of drug-likeness (QED) is 0.679. The first-order valence-corrected chi connectivity index (χ1v) is 8.52. The standard InChI is InChI=1S/C19H22N4O3.2ClH/c20-19(6-10-26-11-7-19)18(25)22-13-14-2-1-3-16(12-14)23-17(24)15-4-8-21-9-5-15;;/h1-5,8-9,12H,6-7,10-11,13,20H2,(H,22,25)(H,23,24);2*1H. The summed E-state index contributed by atoms with van der Waals surface area (Å²) >= 11 is 0. The highest BCUT2D eigenvalue weighted by Crippen LogP contribution is 2.18. The maximum absolute atomic E-state index is 12.4. The maximum Gasteiger partial charge on any atom is 0.255 e. The first kappa shape index (κ1) is 23.8. The van der Waals surface area contributed by atoms with E-state index >= 15 is 0 Å². The second-order valence-corrected chi connectivity index (χ2v) is 6.34. The van der Waals surface area contributed by atoms with E-state index in [0.717, 1.165) is 5.56 Å². The largest absolute Gasteiger partial charge is 0.381 e. The molecule has 1 aliphatic rings. The highest BCUT2D eigenvalue weighted by Gasteiger charge is 2.35. The molecule has 4 N–H and O–H groups in total. The third-order valence-corrected chi connectivity index (χ3v) is 4.42. The van der Waals surface area contributed by atoms with Gasteiger partial charge >= 0.3 is 0 Å². The van der Waals surface area contributed by atoms with Crippen molar-refractivity contribution in [1.29, 1.82) is 0 Å². The van der Waals surface area contributed by atoms with Crippen molar-refractivity contribution in [2.75, 3.05) is 18.5 Å². The minimum absolute atomic E-state index is 0. The van der Waals surface area contributed by atoms with Crippen LogP contribution in [0.3, 0.4) is 0 Å². The zero-order valence-corrected chi connectivity index (χ0v) is 16.9. The number of pyridine rings is 1. The monoisotopic (exact) mass is 426 g/mol. The van der Waals surface area contributed by atoms with Crippen molar-refractivity contribution >= 4 is 42.3 Å². The van der Waals surface area contributed by atoms with Gasteiger partial charge in [-0.05, 0) is 42.7 Å². The number of amides is 2. The minimum atomic E-state index is -0.870. The van der Waals surface area contributed by atoms with Crippen LogP contribution in [0.2, 0.25) is 0 Å². The lowest BCUT2D eigenvalue weighted by molar-refractivity contribution is -0.129. The SMILES string of the molecule is Cl.Cl.NC1(C(=O)NCc2cccc(NC(=O)c3ccncc3)c2)CCOCC1. The van der Waals surface area contributed by atoms with Crippen LogP contribution >= 0.6 is 24.8 Å². The molecule has 0 atom stereocenters. The van der Waals surface area contributed by atoms with Crippen LogP contribution < -0.4 is 16.4 Å². The predicted octanol–water partition coefficient (Wildman–Crippen LogP) is 2.30. The fourth-order valence-corrected chi connectivity index (χ4v) is 2.79. The molecule has 2 aromatic rings. The van der Waals surface area contributed by atoms with Crippen LogP contribution in [0.1, 0.15) is 28.8 Å². The van der Waals surface area contributed by atoms with E-state index in [0.29, 0.717) is 43.9 Å². The van der Waals surface area contributed by atoms with Crippen LogP contribution in [0.4, 0.5) is 5.69 Å². The van der Waals surface area contributed by atoms with Gasteiger partial charge in [0.25, 0.3) is 5.91 Å². The third kappa shape index (κ3) is 6.17. The van der Waals surface area contributed by atoms with Gasteiger partial charge in [-0.15, -0.1) is 24.8 Å². The molecule has 9 heteroatoms. The van der Waals surface area contributed by atoms with Crippen molar-refractivity contribution in [1.82, 2.24) is 10.3 Å². The highest BCUT2D eigenvalue weighted by atomic mass is 35.5. The van der Waals surface area contributed by atoms with Gasteiger partial charge in [-0.25, -0.2) is 0 Å². The summed E-state index contributed by atoms with van der Waals surface area (Å²) < 4.78 is 5.26. The number of rotatable bonds is 5. The number of hydrogen-bond acceptors (Lipinski definition) is 5. The number of carbonyl (C=O) groups is 2. The summed E-state index contributed by atoms with van der Waals surface area (Å²) in [4.78, 5) is 28.5. The molecule has 0 bridgehead atoms. The molecule has 1 saturated heterocycles. The van der Waals surface area contributed by atoms with Crippen LogP contribution in [0, 0.1) is 0 Å². The average molecular weight is 427 g/mol. The summed E-state index contributed by atoms with van der Waals surface area (Å²) in [6, 6.07) is 10.6. The van der Waals surface area contributed by atoms with E-state index in [2.05, 4.69) is 15.6 Å². The Hall–Kier alpha value is -2.19. The Morgan fingerprint density at radius 2 is 1.79 bits per heavy atom. The Morgan fingerprint density at radius 1 is 1.11 bits per heavy atom. The van der Waals surface area contributed by atoms with Crippen molar-refractivity contribution in [2.24, 2.45) is 5.73 Å². The van der Waals surface area contributed by atoms with Gasteiger partial charge in [0.1, 0.15) is 0 Å². The molecule has 1 aromatic carbocycles. The average Bonchev–Trinajstić information content (AvgIpc) is 2.67. The summed E-state index contributed by atoms with van der Waals surface area (Å²) in [6.07, 6.45) is 4.17. The number of nitrogens with two attached hydrogens (primary N) is 1. The van der Waals surface area contributed by atoms with E-state index in [1.165, 1.54) is 0 Å². The third-order valence-electron chi connectivity index (χ3n) is 4.42. The molecule has 1 fully saturated rings. The van der Waals surface area contributed by atoms with Gasteiger partial charge < -0.3 is 21.1 Å². The van der Waals surface area contributed by atoms with Crippen molar-refractivity contribution < 1.29 is 14.3 Å². The molecule has 1 aromatic heterocycles. The predicted molar refractivity (Wildman–Crippen MR) is 112 cm³/mol. The second kappa shape index (κ2) is 11.0. The number of aromatic nitrogens is 1. The van der Waals surface area contributed by atoms with Crippen LogP contribution in [-0.4, -0.2) is 35.6 Å². The van der Waals surface area contributed by atoms with Gasteiger partial charge in [0, 0.05) is 43.4 Å². The normalized spacial score (nSPS) is 14.8. The fraction of sp³-hybridized carbons (Fsp3) is 0.316. The van der Waals surface area contributed by atoms with Gasteiger partial charge in [0.15, 0.2) is 0 Å².